The standard InChI is InChI=1S/C19H19ClN6O2/c1-12-6-13(2-3-14(12)20)28-7-15(27)24-18-8-19(9-18,10-18)25-16-17-22-11-23-26(17)5-4-21-16/h2-6,11H,7-10H2,1H3,(H,21,25)(H,24,27). The summed E-state index contributed by atoms with van der Waals surface area (Å²) in [6, 6.07) is 5.36. The number of hydrogen-bond acceptors (Lipinski definition) is 6. The van der Waals surface area contributed by atoms with Gasteiger partial charge in [0.15, 0.2) is 18.1 Å². The molecular weight excluding hydrogens is 380 g/mol. The number of nitrogens with one attached hydrogen (secondary N) is 2. The molecule has 9 heteroatoms. The number of carbonyl (C=O) groups is 1. The zero-order valence-electron chi connectivity index (χ0n) is 15.3. The lowest BCUT2D eigenvalue weighted by Gasteiger charge is -2.70. The number of carbonyl (C=O) groups excluding carboxylic acids is 1. The summed E-state index contributed by atoms with van der Waals surface area (Å²) in [5.41, 5.74) is 1.46. The summed E-state index contributed by atoms with van der Waals surface area (Å²) in [5, 5.41) is 11.4. The van der Waals surface area contributed by atoms with Crippen LogP contribution >= 0.6 is 11.6 Å². The summed E-state index contributed by atoms with van der Waals surface area (Å²) >= 11 is 6.01. The summed E-state index contributed by atoms with van der Waals surface area (Å²) < 4.78 is 7.27. The van der Waals surface area contributed by atoms with Crippen molar-refractivity contribution in [3.05, 3.63) is 47.5 Å². The van der Waals surface area contributed by atoms with Gasteiger partial charge >= 0.3 is 0 Å². The lowest BCUT2D eigenvalue weighted by Crippen LogP contribution is -2.81. The fourth-order valence-corrected chi connectivity index (χ4v) is 4.46. The highest BCUT2D eigenvalue weighted by atomic mass is 35.5. The Morgan fingerprint density at radius 1 is 1.29 bits per heavy atom. The van der Waals surface area contributed by atoms with Crippen LogP contribution in [0, 0.1) is 6.92 Å². The molecule has 6 rings (SSSR count). The molecule has 144 valence electrons. The van der Waals surface area contributed by atoms with Gasteiger partial charge in [-0.1, -0.05) is 11.6 Å². The number of ether oxygens (including phenoxy) is 1. The number of halogens is 1. The molecule has 2 N–H and O–H groups in total. The van der Waals surface area contributed by atoms with Gasteiger partial charge in [-0.15, -0.1) is 0 Å². The van der Waals surface area contributed by atoms with E-state index in [1.54, 1.807) is 29.0 Å². The first-order valence-electron chi connectivity index (χ1n) is 9.09. The van der Waals surface area contributed by atoms with Crippen LogP contribution in [0.5, 0.6) is 5.75 Å². The van der Waals surface area contributed by atoms with Crippen LogP contribution in [0.25, 0.3) is 5.65 Å². The number of aryl methyl sites for hydroxylation is 1. The fourth-order valence-electron chi connectivity index (χ4n) is 4.34. The monoisotopic (exact) mass is 398 g/mol. The lowest BCUT2D eigenvalue weighted by atomic mass is 9.44. The van der Waals surface area contributed by atoms with Crippen LogP contribution in [0.1, 0.15) is 24.8 Å². The van der Waals surface area contributed by atoms with Gasteiger partial charge in [-0.05, 0) is 49.9 Å². The van der Waals surface area contributed by atoms with E-state index in [-0.39, 0.29) is 23.6 Å². The summed E-state index contributed by atoms with van der Waals surface area (Å²) in [6.45, 7) is 1.89. The number of hydrogen-bond donors (Lipinski definition) is 2. The van der Waals surface area contributed by atoms with E-state index in [4.69, 9.17) is 16.3 Å². The molecule has 0 saturated heterocycles. The molecule has 1 aromatic carbocycles. The van der Waals surface area contributed by atoms with Crippen LogP contribution < -0.4 is 15.4 Å². The predicted octanol–water partition coefficient (Wildman–Crippen LogP) is 2.37. The normalized spacial score (nSPS) is 24.9. The van der Waals surface area contributed by atoms with E-state index in [0.29, 0.717) is 16.4 Å². The Labute approximate surface area is 166 Å². The highest BCUT2D eigenvalue weighted by Crippen LogP contribution is 2.61. The van der Waals surface area contributed by atoms with Crippen molar-refractivity contribution in [2.45, 2.75) is 37.3 Å². The largest absolute Gasteiger partial charge is 0.484 e. The summed E-state index contributed by atoms with van der Waals surface area (Å²) in [7, 11) is 0. The molecule has 0 radical (unpaired) electrons. The smallest absolute Gasteiger partial charge is 0.258 e. The first-order chi connectivity index (χ1) is 13.5. The van der Waals surface area contributed by atoms with Gasteiger partial charge in [-0.2, -0.15) is 5.10 Å². The van der Waals surface area contributed by atoms with E-state index in [0.717, 1.165) is 30.6 Å². The number of nitrogens with zero attached hydrogens (tertiary/aromatic N) is 4. The molecule has 1 amide bonds. The van der Waals surface area contributed by atoms with Crippen molar-refractivity contribution >= 4 is 29.0 Å². The Morgan fingerprint density at radius 2 is 2.11 bits per heavy atom. The van der Waals surface area contributed by atoms with Crippen LogP contribution in [-0.4, -0.2) is 43.2 Å². The maximum absolute atomic E-state index is 12.3. The van der Waals surface area contributed by atoms with E-state index in [1.807, 2.05) is 13.0 Å². The topological polar surface area (TPSA) is 93.4 Å². The van der Waals surface area contributed by atoms with Gasteiger partial charge in [-0.25, -0.2) is 14.5 Å². The van der Waals surface area contributed by atoms with Crippen molar-refractivity contribution < 1.29 is 9.53 Å². The Morgan fingerprint density at radius 3 is 2.89 bits per heavy atom. The molecule has 8 nitrogen and oxygen atoms in total. The quantitative estimate of drug-likeness (QED) is 0.662. The maximum atomic E-state index is 12.3. The van der Waals surface area contributed by atoms with Crippen molar-refractivity contribution in [1.29, 1.82) is 0 Å². The van der Waals surface area contributed by atoms with Crippen molar-refractivity contribution in [3.8, 4) is 5.75 Å². The Kier molecular flexibility index (Phi) is 3.74. The first-order valence-corrected chi connectivity index (χ1v) is 9.46. The third kappa shape index (κ3) is 2.84. The zero-order chi connectivity index (χ0) is 19.4. The van der Waals surface area contributed by atoms with Crippen LogP contribution in [-0.2, 0) is 4.79 Å². The SMILES string of the molecule is Cc1cc(OCC(=O)NC23CC(Nc4nccn5ncnc45)(C2)C3)ccc1Cl. The number of rotatable bonds is 6. The van der Waals surface area contributed by atoms with Crippen molar-refractivity contribution in [3.63, 3.8) is 0 Å². The molecule has 2 aromatic heterocycles. The highest BCUT2D eigenvalue weighted by molar-refractivity contribution is 6.31. The predicted molar refractivity (Wildman–Crippen MR) is 104 cm³/mol. The highest BCUT2D eigenvalue weighted by Gasteiger charge is 2.69. The van der Waals surface area contributed by atoms with Crippen molar-refractivity contribution in [2.75, 3.05) is 11.9 Å². The van der Waals surface area contributed by atoms with Gasteiger partial charge < -0.3 is 15.4 Å². The summed E-state index contributed by atoms with van der Waals surface area (Å²) in [6.07, 6.45) is 7.56. The van der Waals surface area contributed by atoms with Crippen LogP contribution in [0.2, 0.25) is 5.02 Å². The van der Waals surface area contributed by atoms with E-state index < -0.39 is 0 Å². The zero-order valence-corrected chi connectivity index (χ0v) is 16.0. The third-order valence-electron chi connectivity index (χ3n) is 5.51. The molecule has 2 bridgehead atoms. The second kappa shape index (κ2) is 6.07. The Balaban J connectivity index is 1.15. The number of aromatic nitrogens is 4. The van der Waals surface area contributed by atoms with Crippen molar-refractivity contribution in [2.24, 2.45) is 0 Å². The molecule has 0 aliphatic heterocycles. The van der Waals surface area contributed by atoms with Crippen LogP contribution in [0.3, 0.4) is 0 Å². The van der Waals surface area contributed by atoms with Gasteiger partial charge in [-0.3, -0.25) is 4.79 Å². The Hall–Kier alpha value is -2.87. The van der Waals surface area contributed by atoms with Gasteiger partial charge in [0, 0.05) is 28.5 Å². The van der Waals surface area contributed by atoms with Gasteiger partial charge in [0.2, 0.25) is 0 Å². The second-order valence-corrected chi connectivity index (χ2v) is 8.18. The number of benzene rings is 1. The van der Waals surface area contributed by atoms with Crippen LogP contribution in [0.4, 0.5) is 5.82 Å². The van der Waals surface area contributed by atoms with Gasteiger partial charge in [0.1, 0.15) is 12.1 Å². The molecule has 0 atom stereocenters. The lowest BCUT2D eigenvalue weighted by molar-refractivity contribution is -0.135. The molecule has 2 heterocycles. The molecule has 3 fully saturated rings. The second-order valence-electron chi connectivity index (χ2n) is 7.77. The van der Waals surface area contributed by atoms with E-state index in [1.165, 1.54) is 6.33 Å². The van der Waals surface area contributed by atoms with E-state index in [9.17, 15) is 4.79 Å². The molecule has 3 aliphatic rings. The fraction of sp³-hybridized carbons (Fsp3) is 0.368. The summed E-state index contributed by atoms with van der Waals surface area (Å²) in [4.78, 5) is 20.9. The van der Waals surface area contributed by atoms with E-state index >= 15 is 0 Å². The van der Waals surface area contributed by atoms with Crippen molar-refractivity contribution in [1.82, 2.24) is 24.9 Å². The number of anilines is 1. The molecule has 0 unspecified atom stereocenters. The first kappa shape index (κ1) is 17.2. The molecular formula is C19H19ClN6O2. The minimum Gasteiger partial charge on any atom is -0.484 e. The molecule has 0 spiro atoms. The van der Waals surface area contributed by atoms with E-state index in [2.05, 4.69) is 25.7 Å². The molecule has 3 saturated carbocycles. The van der Waals surface area contributed by atoms with Gasteiger partial charge in [0.05, 0.1) is 0 Å². The third-order valence-corrected chi connectivity index (χ3v) is 5.94. The number of amides is 1. The summed E-state index contributed by atoms with van der Waals surface area (Å²) in [5.74, 6) is 1.25. The minimum absolute atomic E-state index is 0.0101. The average Bonchev–Trinajstić information content (AvgIpc) is 3.09. The van der Waals surface area contributed by atoms with Gasteiger partial charge in [0.25, 0.3) is 5.91 Å². The maximum Gasteiger partial charge on any atom is 0.258 e. The minimum atomic E-state index is -0.137. The average molecular weight is 399 g/mol. The number of fused-ring (bicyclic) bond motifs is 1. The van der Waals surface area contributed by atoms with Crippen LogP contribution in [0.15, 0.2) is 36.9 Å². The molecule has 28 heavy (non-hydrogen) atoms. The molecule has 3 aliphatic carbocycles. The molecule has 3 aromatic rings. The Bertz CT molecular complexity index is 1060.